The monoisotopic (exact) mass is 201 g/mol. The van der Waals surface area contributed by atoms with Gasteiger partial charge in [0.05, 0.1) is 12.7 Å². The first-order valence-corrected chi connectivity index (χ1v) is 5.56. The van der Waals surface area contributed by atoms with Gasteiger partial charge in [-0.3, -0.25) is 4.90 Å². The molecule has 2 aliphatic rings. The van der Waals surface area contributed by atoms with Crippen molar-refractivity contribution in [2.45, 2.75) is 57.5 Å². The normalized spacial score (nSPS) is 42.6. The van der Waals surface area contributed by atoms with Crippen molar-refractivity contribution in [3.8, 4) is 0 Å². The molecule has 0 bridgehead atoms. The maximum Gasteiger partial charge on any atom is 0.115 e. The first kappa shape index (κ1) is 10.4. The molecule has 0 saturated carbocycles. The second kappa shape index (κ2) is 3.46. The number of nitrogens with zero attached hydrogens (tertiary/aromatic N) is 1. The van der Waals surface area contributed by atoms with Crippen LogP contribution in [0.15, 0.2) is 0 Å². The van der Waals surface area contributed by atoms with Crippen LogP contribution in [0.4, 0.5) is 4.39 Å². The lowest BCUT2D eigenvalue weighted by molar-refractivity contribution is -0.0960. The molecule has 14 heavy (non-hydrogen) atoms. The molecular formula is C11H20FNO. The van der Waals surface area contributed by atoms with Crippen LogP contribution in [0.1, 0.15) is 33.6 Å². The standard InChI is InChI=1S/C11H20FNO/c1-8(2)14-7-11-4-9(3)13(11)6-10(12)5-11/h8-10H,4-7H2,1-3H3/t9-,10+,11+/m1/s1. The van der Waals surface area contributed by atoms with Crippen LogP contribution in [0.2, 0.25) is 0 Å². The highest BCUT2D eigenvalue weighted by Crippen LogP contribution is 2.46. The summed E-state index contributed by atoms with van der Waals surface area (Å²) in [5, 5.41) is 0. The minimum atomic E-state index is -0.643. The minimum Gasteiger partial charge on any atom is -0.377 e. The van der Waals surface area contributed by atoms with E-state index < -0.39 is 6.17 Å². The first-order chi connectivity index (χ1) is 6.53. The highest BCUT2D eigenvalue weighted by molar-refractivity contribution is 5.10. The van der Waals surface area contributed by atoms with Crippen molar-refractivity contribution in [1.82, 2.24) is 4.90 Å². The van der Waals surface area contributed by atoms with Crippen LogP contribution < -0.4 is 0 Å². The van der Waals surface area contributed by atoms with E-state index in [1.54, 1.807) is 0 Å². The van der Waals surface area contributed by atoms with E-state index in [4.69, 9.17) is 4.74 Å². The van der Waals surface area contributed by atoms with Crippen molar-refractivity contribution in [1.29, 1.82) is 0 Å². The predicted molar refractivity (Wildman–Crippen MR) is 54.1 cm³/mol. The van der Waals surface area contributed by atoms with Crippen LogP contribution >= 0.6 is 0 Å². The van der Waals surface area contributed by atoms with E-state index in [-0.39, 0.29) is 11.6 Å². The van der Waals surface area contributed by atoms with E-state index in [0.29, 0.717) is 25.6 Å². The molecule has 3 atom stereocenters. The van der Waals surface area contributed by atoms with Crippen LogP contribution in [0, 0.1) is 0 Å². The lowest BCUT2D eigenvalue weighted by Crippen LogP contribution is -2.63. The molecule has 0 N–H and O–H groups in total. The second-order valence-corrected chi connectivity index (χ2v) is 5.09. The quantitative estimate of drug-likeness (QED) is 0.692. The molecule has 82 valence electrons. The SMILES string of the molecule is CC(C)OC[C@]12C[C@H](F)CN1[C@H](C)C2. The van der Waals surface area contributed by atoms with Gasteiger partial charge < -0.3 is 4.74 Å². The van der Waals surface area contributed by atoms with E-state index in [0.717, 1.165) is 6.42 Å². The van der Waals surface area contributed by atoms with Gasteiger partial charge in [0.1, 0.15) is 6.17 Å². The van der Waals surface area contributed by atoms with E-state index >= 15 is 0 Å². The number of hydrogen-bond acceptors (Lipinski definition) is 2. The van der Waals surface area contributed by atoms with Gasteiger partial charge in [0.2, 0.25) is 0 Å². The van der Waals surface area contributed by atoms with E-state index in [9.17, 15) is 4.39 Å². The maximum atomic E-state index is 13.3. The Labute approximate surface area is 85.4 Å². The summed E-state index contributed by atoms with van der Waals surface area (Å²) in [6.07, 6.45) is 1.38. The summed E-state index contributed by atoms with van der Waals surface area (Å²) in [7, 11) is 0. The third-order valence-electron chi connectivity index (χ3n) is 3.50. The Morgan fingerprint density at radius 1 is 1.50 bits per heavy atom. The third-order valence-corrected chi connectivity index (χ3v) is 3.50. The van der Waals surface area contributed by atoms with Gasteiger partial charge >= 0.3 is 0 Å². The molecule has 0 unspecified atom stereocenters. The first-order valence-electron chi connectivity index (χ1n) is 5.56. The summed E-state index contributed by atoms with van der Waals surface area (Å²) in [5.74, 6) is 0. The van der Waals surface area contributed by atoms with Crippen LogP contribution in [-0.2, 0) is 4.74 Å². The number of rotatable bonds is 3. The summed E-state index contributed by atoms with van der Waals surface area (Å²) in [4.78, 5) is 2.28. The molecule has 0 aromatic rings. The number of ether oxygens (including phenoxy) is 1. The van der Waals surface area contributed by atoms with Crippen LogP contribution in [0.25, 0.3) is 0 Å². The smallest absolute Gasteiger partial charge is 0.115 e. The summed E-state index contributed by atoms with van der Waals surface area (Å²) in [6.45, 7) is 7.56. The zero-order chi connectivity index (χ0) is 10.3. The molecule has 2 nitrogen and oxygen atoms in total. The van der Waals surface area contributed by atoms with Crippen LogP contribution in [0.5, 0.6) is 0 Å². The molecule has 3 heteroatoms. The lowest BCUT2D eigenvalue weighted by atomic mass is 9.80. The average Bonchev–Trinajstić information content (AvgIpc) is 2.35. The molecule has 0 radical (unpaired) electrons. The Bertz CT molecular complexity index is 221. The summed E-state index contributed by atoms with van der Waals surface area (Å²) in [5.41, 5.74) is 0.0447. The number of hydrogen-bond donors (Lipinski definition) is 0. The number of fused-ring (bicyclic) bond motifs is 1. The minimum absolute atomic E-state index is 0.0447. The van der Waals surface area contributed by atoms with Gasteiger partial charge in [0, 0.05) is 24.5 Å². The molecule has 2 aliphatic heterocycles. The van der Waals surface area contributed by atoms with E-state index in [1.807, 2.05) is 13.8 Å². The summed E-state index contributed by atoms with van der Waals surface area (Å²) < 4.78 is 18.9. The second-order valence-electron chi connectivity index (χ2n) is 5.09. The van der Waals surface area contributed by atoms with Crippen LogP contribution in [0.3, 0.4) is 0 Å². The zero-order valence-electron chi connectivity index (χ0n) is 9.29. The van der Waals surface area contributed by atoms with Crippen molar-refractivity contribution in [3.63, 3.8) is 0 Å². The Morgan fingerprint density at radius 2 is 2.21 bits per heavy atom. The van der Waals surface area contributed by atoms with Gasteiger partial charge in [0.25, 0.3) is 0 Å². The number of halogens is 1. The fourth-order valence-electron chi connectivity index (χ4n) is 2.92. The zero-order valence-corrected chi connectivity index (χ0v) is 9.29. The van der Waals surface area contributed by atoms with Crippen molar-refractivity contribution in [2.75, 3.05) is 13.2 Å². The molecule has 0 aliphatic carbocycles. The Balaban J connectivity index is 1.95. The largest absolute Gasteiger partial charge is 0.377 e. The van der Waals surface area contributed by atoms with Crippen molar-refractivity contribution in [2.24, 2.45) is 0 Å². The van der Waals surface area contributed by atoms with Gasteiger partial charge in [-0.2, -0.15) is 0 Å². The molecule has 0 spiro atoms. The summed E-state index contributed by atoms with van der Waals surface area (Å²) in [6, 6.07) is 0.548. The Kier molecular flexibility index (Phi) is 2.56. The Morgan fingerprint density at radius 3 is 2.79 bits per heavy atom. The van der Waals surface area contributed by atoms with E-state index in [2.05, 4.69) is 11.8 Å². The molecule has 2 heterocycles. The molecule has 0 aromatic carbocycles. The fourth-order valence-corrected chi connectivity index (χ4v) is 2.92. The van der Waals surface area contributed by atoms with Gasteiger partial charge in [-0.25, -0.2) is 4.39 Å². The van der Waals surface area contributed by atoms with E-state index in [1.165, 1.54) is 0 Å². The lowest BCUT2D eigenvalue weighted by Gasteiger charge is -2.53. The Hall–Kier alpha value is -0.150. The van der Waals surface area contributed by atoms with Gasteiger partial charge in [-0.15, -0.1) is 0 Å². The topological polar surface area (TPSA) is 12.5 Å². The molecule has 2 rings (SSSR count). The van der Waals surface area contributed by atoms with Crippen molar-refractivity contribution >= 4 is 0 Å². The highest BCUT2D eigenvalue weighted by atomic mass is 19.1. The van der Waals surface area contributed by atoms with Gasteiger partial charge in [-0.1, -0.05) is 0 Å². The highest BCUT2D eigenvalue weighted by Gasteiger charge is 2.56. The molecule has 2 saturated heterocycles. The van der Waals surface area contributed by atoms with Crippen molar-refractivity contribution < 1.29 is 9.13 Å². The maximum absolute atomic E-state index is 13.3. The molecule has 0 amide bonds. The van der Waals surface area contributed by atoms with Crippen molar-refractivity contribution in [3.05, 3.63) is 0 Å². The van der Waals surface area contributed by atoms with Crippen LogP contribution in [-0.4, -0.2) is 41.9 Å². The average molecular weight is 201 g/mol. The molecule has 2 fully saturated rings. The third kappa shape index (κ3) is 1.57. The van der Waals surface area contributed by atoms with Gasteiger partial charge in [0.15, 0.2) is 0 Å². The predicted octanol–water partition coefficient (Wildman–Crippen LogP) is 1.99. The number of alkyl halides is 1. The fraction of sp³-hybridized carbons (Fsp3) is 1.00. The molecular weight excluding hydrogens is 181 g/mol. The summed E-state index contributed by atoms with van der Waals surface area (Å²) >= 11 is 0. The van der Waals surface area contributed by atoms with Gasteiger partial charge in [-0.05, 0) is 27.2 Å². The molecule has 0 aromatic heterocycles.